The number of fused-ring (bicyclic) bond motifs is 7. The van der Waals surface area contributed by atoms with Gasteiger partial charge in [-0.05, 0) is 109 Å². The molecular weight excluding hydrogens is 691 g/mol. The van der Waals surface area contributed by atoms with E-state index in [9.17, 15) is 0 Å². The second kappa shape index (κ2) is 13.0. The van der Waals surface area contributed by atoms with Crippen LogP contribution in [-0.2, 0) is 5.41 Å². The molecule has 1 aromatic heterocycles. The third kappa shape index (κ3) is 5.33. The molecule has 1 aliphatic carbocycles. The maximum atomic E-state index is 6.38. The van der Waals surface area contributed by atoms with Crippen molar-refractivity contribution in [3.8, 4) is 44.5 Å². The Kier molecular flexibility index (Phi) is 7.55. The number of hydrogen-bond donors (Lipinski definition) is 0. The van der Waals surface area contributed by atoms with E-state index >= 15 is 0 Å². The summed E-state index contributed by atoms with van der Waals surface area (Å²) in [7, 11) is 0. The molecule has 270 valence electrons. The monoisotopic (exact) mass is 729 g/mol. The van der Waals surface area contributed by atoms with Crippen molar-refractivity contribution in [3.63, 3.8) is 0 Å². The summed E-state index contributed by atoms with van der Waals surface area (Å²) in [5, 5.41) is 4.76. The van der Waals surface area contributed by atoms with Crippen molar-refractivity contribution >= 4 is 49.8 Å². The summed E-state index contributed by atoms with van der Waals surface area (Å²) < 4.78 is 6.38. The van der Waals surface area contributed by atoms with E-state index < -0.39 is 0 Å². The quantitative estimate of drug-likeness (QED) is 0.169. The first kappa shape index (κ1) is 33.2. The maximum absolute atomic E-state index is 6.38. The summed E-state index contributed by atoms with van der Waals surface area (Å²) in [6, 6.07) is 72.6. The van der Waals surface area contributed by atoms with Crippen LogP contribution in [0.3, 0.4) is 0 Å². The molecule has 2 heteroatoms. The Labute approximate surface area is 332 Å². The fourth-order valence-electron chi connectivity index (χ4n) is 9.29. The molecule has 0 saturated heterocycles. The van der Waals surface area contributed by atoms with Crippen molar-refractivity contribution in [1.82, 2.24) is 0 Å². The predicted molar refractivity (Wildman–Crippen MR) is 240 cm³/mol. The minimum Gasteiger partial charge on any atom is -0.456 e. The summed E-state index contributed by atoms with van der Waals surface area (Å²) in [4.78, 5) is 2.39. The SMILES string of the molecule is CC1(C)c2ccccc2-c2c(-c3ccc(N(c4ccc(-c5cccc6ccccc56)cc4)c4ccccc4-c4ccc5c(c4)oc4ccccc45)cc3)cccc21. The van der Waals surface area contributed by atoms with E-state index in [0.717, 1.165) is 50.1 Å². The lowest BCUT2D eigenvalue weighted by atomic mass is 9.82. The molecule has 57 heavy (non-hydrogen) atoms. The predicted octanol–water partition coefficient (Wildman–Crippen LogP) is 15.5. The molecule has 0 aliphatic heterocycles. The van der Waals surface area contributed by atoms with Crippen LogP contribution in [0.4, 0.5) is 17.1 Å². The lowest BCUT2D eigenvalue weighted by molar-refractivity contribution is 0.660. The van der Waals surface area contributed by atoms with E-state index in [1.54, 1.807) is 0 Å². The van der Waals surface area contributed by atoms with Crippen molar-refractivity contribution in [1.29, 1.82) is 0 Å². The van der Waals surface area contributed by atoms with Crippen LogP contribution >= 0.6 is 0 Å². The number of nitrogens with zero attached hydrogens (tertiary/aromatic N) is 1. The highest BCUT2D eigenvalue weighted by Crippen LogP contribution is 2.52. The van der Waals surface area contributed by atoms with Crippen LogP contribution in [0.5, 0.6) is 0 Å². The van der Waals surface area contributed by atoms with Crippen molar-refractivity contribution in [2.24, 2.45) is 0 Å². The van der Waals surface area contributed by atoms with Crippen LogP contribution < -0.4 is 4.90 Å². The molecule has 1 aliphatic rings. The molecule has 0 bridgehead atoms. The zero-order valence-electron chi connectivity index (χ0n) is 31.9. The van der Waals surface area contributed by atoms with Crippen LogP contribution in [0.15, 0.2) is 205 Å². The molecule has 2 nitrogen and oxygen atoms in total. The molecule has 0 N–H and O–H groups in total. The average Bonchev–Trinajstić information content (AvgIpc) is 3.75. The topological polar surface area (TPSA) is 16.4 Å². The Bertz CT molecular complexity index is 3140. The molecule has 0 amide bonds. The number of hydrogen-bond acceptors (Lipinski definition) is 2. The summed E-state index contributed by atoms with van der Waals surface area (Å²) in [6.45, 7) is 4.69. The molecule has 0 unspecified atom stereocenters. The summed E-state index contributed by atoms with van der Waals surface area (Å²) in [5.41, 5.74) is 17.6. The number of anilines is 3. The van der Waals surface area contributed by atoms with Crippen LogP contribution in [0.25, 0.3) is 77.2 Å². The van der Waals surface area contributed by atoms with Gasteiger partial charge in [0.2, 0.25) is 0 Å². The Hall–Kier alpha value is -7.16. The number of furan rings is 1. The zero-order valence-corrected chi connectivity index (χ0v) is 31.9. The van der Waals surface area contributed by atoms with Gasteiger partial charge in [0.25, 0.3) is 0 Å². The number of rotatable bonds is 6. The molecule has 0 saturated carbocycles. The van der Waals surface area contributed by atoms with Gasteiger partial charge in [0.05, 0.1) is 5.69 Å². The standard InChI is InChI=1S/C55H39NO/c1-55(2)49-21-8-5-18-48(49)54-45(20-12-22-50(54)55)38-27-32-41(33-28-38)56(40-30-25-37(26-31-40)43-19-11-14-36-13-3-4-15-42(36)43)51-23-9-6-16-44(51)39-29-34-47-46-17-7-10-24-52(46)57-53(47)35-39/h3-35H,1-2H3. The molecule has 10 aromatic rings. The third-order valence-electron chi connectivity index (χ3n) is 12.1. The van der Waals surface area contributed by atoms with E-state index in [2.05, 4.69) is 207 Å². The summed E-state index contributed by atoms with van der Waals surface area (Å²) >= 11 is 0. The van der Waals surface area contributed by atoms with Crippen LogP contribution in [0.1, 0.15) is 25.0 Å². The molecule has 0 radical (unpaired) electrons. The second-order valence-corrected chi connectivity index (χ2v) is 15.7. The first-order valence-electron chi connectivity index (χ1n) is 19.8. The average molecular weight is 730 g/mol. The molecule has 0 atom stereocenters. The second-order valence-electron chi connectivity index (χ2n) is 15.7. The third-order valence-corrected chi connectivity index (χ3v) is 12.1. The van der Waals surface area contributed by atoms with Crippen molar-refractivity contribution in [2.75, 3.05) is 4.90 Å². The van der Waals surface area contributed by atoms with Gasteiger partial charge in [-0.2, -0.15) is 0 Å². The Balaban J connectivity index is 1.05. The zero-order chi connectivity index (χ0) is 38.1. The van der Waals surface area contributed by atoms with Crippen LogP contribution in [0, 0.1) is 0 Å². The van der Waals surface area contributed by atoms with Gasteiger partial charge in [0.1, 0.15) is 11.2 Å². The fraction of sp³-hybridized carbons (Fsp3) is 0.0545. The summed E-state index contributed by atoms with van der Waals surface area (Å²) in [5.74, 6) is 0. The largest absolute Gasteiger partial charge is 0.456 e. The van der Waals surface area contributed by atoms with E-state index in [-0.39, 0.29) is 5.41 Å². The van der Waals surface area contributed by atoms with E-state index in [1.807, 2.05) is 12.1 Å². The van der Waals surface area contributed by atoms with E-state index in [1.165, 1.54) is 55.3 Å². The Morgan fingerprint density at radius 1 is 0.386 bits per heavy atom. The lowest BCUT2D eigenvalue weighted by Crippen LogP contribution is -2.14. The van der Waals surface area contributed by atoms with Gasteiger partial charge in [-0.15, -0.1) is 0 Å². The highest BCUT2D eigenvalue weighted by atomic mass is 16.3. The Morgan fingerprint density at radius 3 is 1.74 bits per heavy atom. The first-order valence-corrected chi connectivity index (χ1v) is 19.8. The smallest absolute Gasteiger partial charge is 0.136 e. The number of benzene rings is 9. The van der Waals surface area contributed by atoms with Crippen molar-refractivity contribution in [3.05, 3.63) is 211 Å². The van der Waals surface area contributed by atoms with Crippen LogP contribution in [0.2, 0.25) is 0 Å². The molecule has 0 spiro atoms. The summed E-state index contributed by atoms with van der Waals surface area (Å²) in [6.07, 6.45) is 0. The maximum Gasteiger partial charge on any atom is 0.136 e. The molecule has 1 heterocycles. The highest BCUT2D eigenvalue weighted by molar-refractivity contribution is 6.06. The molecular formula is C55H39NO. The highest BCUT2D eigenvalue weighted by Gasteiger charge is 2.36. The van der Waals surface area contributed by atoms with Gasteiger partial charge in [-0.1, -0.05) is 166 Å². The van der Waals surface area contributed by atoms with Gasteiger partial charge in [0.15, 0.2) is 0 Å². The minimum atomic E-state index is -0.0496. The fourth-order valence-corrected chi connectivity index (χ4v) is 9.29. The van der Waals surface area contributed by atoms with Crippen molar-refractivity contribution < 1.29 is 4.42 Å². The Morgan fingerprint density at radius 2 is 0.930 bits per heavy atom. The van der Waals surface area contributed by atoms with E-state index in [0.29, 0.717) is 0 Å². The van der Waals surface area contributed by atoms with Crippen molar-refractivity contribution in [2.45, 2.75) is 19.3 Å². The van der Waals surface area contributed by atoms with Gasteiger partial charge < -0.3 is 9.32 Å². The lowest BCUT2D eigenvalue weighted by Gasteiger charge is -2.28. The van der Waals surface area contributed by atoms with E-state index in [4.69, 9.17) is 4.42 Å². The van der Waals surface area contributed by atoms with Crippen LogP contribution in [-0.4, -0.2) is 0 Å². The van der Waals surface area contributed by atoms with Gasteiger partial charge in [-0.3, -0.25) is 0 Å². The normalized spacial score (nSPS) is 12.9. The van der Waals surface area contributed by atoms with Gasteiger partial charge >= 0.3 is 0 Å². The van der Waals surface area contributed by atoms with Gasteiger partial charge in [-0.25, -0.2) is 0 Å². The molecule has 11 rings (SSSR count). The number of para-hydroxylation sites is 2. The van der Waals surface area contributed by atoms with Gasteiger partial charge in [0, 0.05) is 33.1 Å². The minimum absolute atomic E-state index is 0.0496. The first-order chi connectivity index (χ1) is 28.0. The molecule has 0 fully saturated rings. The molecule has 9 aromatic carbocycles.